The molecule has 6 heteroatoms. The average molecular weight is 366 g/mol. The van der Waals surface area contributed by atoms with E-state index in [-0.39, 0.29) is 17.2 Å². The second-order valence-electron chi connectivity index (χ2n) is 6.48. The molecular formula is C20H18N2O3S. The molecule has 1 aliphatic rings. The molecule has 0 saturated carbocycles. The molecule has 0 unspecified atom stereocenters. The van der Waals surface area contributed by atoms with Crippen molar-refractivity contribution in [2.24, 2.45) is 0 Å². The van der Waals surface area contributed by atoms with Crippen molar-refractivity contribution in [1.82, 2.24) is 9.88 Å². The van der Waals surface area contributed by atoms with Gasteiger partial charge in [0.15, 0.2) is 6.29 Å². The number of nitrogens with zero attached hydrogens (tertiary/aromatic N) is 2. The zero-order chi connectivity index (χ0) is 18.3. The number of phenolic OH excluding ortho intramolecular Hbond substituents is 1. The number of aromatic nitrogens is 1. The van der Waals surface area contributed by atoms with E-state index in [0.717, 1.165) is 47.6 Å². The normalized spacial score (nSPS) is 14.1. The number of carbonyl (C=O) groups excluding carboxylic acids is 2. The summed E-state index contributed by atoms with van der Waals surface area (Å²) >= 11 is 1.41. The molecule has 1 aromatic heterocycles. The van der Waals surface area contributed by atoms with Gasteiger partial charge in [-0.1, -0.05) is 18.2 Å². The summed E-state index contributed by atoms with van der Waals surface area (Å²) in [5.41, 5.74) is 1.93. The van der Waals surface area contributed by atoms with E-state index in [1.165, 1.54) is 17.4 Å². The minimum absolute atomic E-state index is 0.0242. The van der Waals surface area contributed by atoms with Crippen LogP contribution in [0.5, 0.6) is 5.75 Å². The first-order valence-electron chi connectivity index (χ1n) is 8.56. The fourth-order valence-corrected chi connectivity index (χ4v) is 4.41. The molecule has 1 fully saturated rings. The first kappa shape index (κ1) is 16.7. The third-order valence-electron chi connectivity index (χ3n) is 4.79. The second-order valence-corrected chi connectivity index (χ2v) is 7.48. The quantitative estimate of drug-likeness (QED) is 0.711. The molecule has 1 N–H and O–H groups in total. The van der Waals surface area contributed by atoms with Crippen LogP contribution in [-0.4, -0.2) is 40.3 Å². The molecule has 26 heavy (non-hydrogen) atoms. The number of carbonyl (C=O) groups is 2. The smallest absolute Gasteiger partial charge is 0.265 e. The monoisotopic (exact) mass is 366 g/mol. The van der Waals surface area contributed by atoms with Gasteiger partial charge in [-0.05, 0) is 42.7 Å². The number of thiazole rings is 1. The summed E-state index contributed by atoms with van der Waals surface area (Å²) < 4.78 is 0. The minimum atomic E-state index is -0.0242. The van der Waals surface area contributed by atoms with Gasteiger partial charge >= 0.3 is 0 Å². The molecule has 1 amide bonds. The number of fused-ring (bicyclic) bond motifs is 1. The Bertz CT molecular complexity index is 1020. The number of aryl methyl sites for hydroxylation is 1. The fourth-order valence-electron chi connectivity index (χ4n) is 3.38. The van der Waals surface area contributed by atoms with Crippen LogP contribution in [0.25, 0.3) is 21.3 Å². The highest BCUT2D eigenvalue weighted by Gasteiger charge is 2.24. The molecule has 1 aliphatic heterocycles. The van der Waals surface area contributed by atoms with Gasteiger partial charge in [0.05, 0.1) is 11.3 Å². The number of hydrogen-bond acceptors (Lipinski definition) is 5. The number of aromatic hydroxyl groups is 1. The van der Waals surface area contributed by atoms with E-state index in [1.807, 2.05) is 30.0 Å². The highest BCUT2D eigenvalue weighted by atomic mass is 32.1. The fraction of sp³-hybridized carbons (Fsp3) is 0.250. The molecular weight excluding hydrogens is 348 g/mol. The highest BCUT2D eigenvalue weighted by Crippen LogP contribution is 2.33. The van der Waals surface area contributed by atoms with E-state index in [2.05, 4.69) is 4.98 Å². The molecule has 0 spiro atoms. The van der Waals surface area contributed by atoms with Crippen LogP contribution in [0.2, 0.25) is 0 Å². The Balaban J connectivity index is 1.74. The largest absolute Gasteiger partial charge is 0.507 e. The van der Waals surface area contributed by atoms with Crippen LogP contribution in [0.1, 0.15) is 38.6 Å². The Morgan fingerprint density at radius 2 is 2.00 bits per heavy atom. The van der Waals surface area contributed by atoms with Gasteiger partial charge in [0.1, 0.15) is 15.6 Å². The second kappa shape index (κ2) is 6.53. The number of aldehydes is 1. The SMILES string of the molecule is Cc1nc(-c2ccc3c(C=O)c(O)ccc3c2)sc1C(=O)N1CCCC1. The lowest BCUT2D eigenvalue weighted by atomic mass is 10.0. The number of phenols is 1. The van der Waals surface area contributed by atoms with Gasteiger partial charge < -0.3 is 10.0 Å². The summed E-state index contributed by atoms with van der Waals surface area (Å²) in [6.45, 7) is 3.51. The third-order valence-corrected chi connectivity index (χ3v) is 5.98. The molecule has 2 aromatic carbocycles. The number of benzene rings is 2. The van der Waals surface area contributed by atoms with E-state index in [1.54, 1.807) is 6.07 Å². The molecule has 4 rings (SSSR count). The summed E-state index contributed by atoms with van der Waals surface area (Å²) in [5, 5.41) is 12.1. The summed E-state index contributed by atoms with van der Waals surface area (Å²) in [6.07, 6.45) is 2.79. The third kappa shape index (κ3) is 2.76. The molecule has 2 heterocycles. The molecule has 132 valence electrons. The Hall–Kier alpha value is -2.73. The lowest BCUT2D eigenvalue weighted by Gasteiger charge is -2.13. The Kier molecular flexibility index (Phi) is 4.20. The first-order chi connectivity index (χ1) is 12.6. The van der Waals surface area contributed by atoms with Crippen LogP contribution < -0.4 is 0 Å². The summed E-state index contributed by atoms with van der Waals surface area (Å²) in [7, 11) is 0. The molecule has 0 radical (unpaired) electrons. The van der Waals surface area contributed by atoms with E-state index in [0.29, 0.717) is 16.5 Å². The van der Waals surface area contributed by atoms with Crippen LogP contribution in [0, 0.1) is 6.92 Å². The van der Waals surface area contributed by atoms with Crippen molar-refractivity contribution in [2.75, 3.05) is 13.1 Å². The van der Waals surface area contributed by atoms with Crippen LogP contribution >= 0.6 is 11.3 Å². The van der Waals surface area contributed by atoms with Crippen molar-refractivity contribution in [3.8, 4) is 16.3 Å². The topological polar surface area (TPSA) is 70.5 Å². The number of likely N-dealkylation sites (tertiary alicyclic amines) is 1. The zero-order valence-electron chi connectivity index (χ0n) is 14.4. The Morgan fingerprint density at radius 3 is 2.73 bits per heavy atom. The first-order valence-corrected chi connectivity index (χ1v) is 9.38. The standard InChI is InChI=1S/C20H18N2O3S/c1-12-18(20(25)22-8-2-3-9-22)26-19(21-12)14-4-6-15-13(10-14)5-7-17(24)16(15)11-23/h4-7,10-11,24H,2-3,8-9H2,1H3. The van der Waals surface area contributed by atoms with Gasteiger partial charge in [0.25, 0.3) is 5.91 Å². The summed E-state index contributed by atoms with van der Waals surface area (Å²) in [4.78, 5) is 31.1. The molecule has 0 atom stereocenters. The maximum absolute atomic E-state index is 12.7. The van der Waals surface area contributed by atoms with Crippen molar-refractivity contribution in [1.29, 1.82) is 0 Å². The van der Waals surface area contributed by atoms with Gasteiger partial charge in [-0.3, -0.25) is 9.59 Å². The van der Waals surface area contributed by atoms with Crippen LogP contribution in [0.15, 0.2) is 30.3 Å². The van der Waals surface area contributed by atoms with Gasteiger partial charge in [-0.25, -0.2) is 4.98 Å². The van der Waals surface area contributed by atoms with Crippen molar-refractivity contribution in [3.63, 3.8) is 0 Å². The van der Waals surface area contributed by atoms with Gasteiger partial charge in [-0.15, -0.1) is 11.3 Å². The van der Waals surface area contributed by atoms with E-state index < -0.39 is 0 Å². The molecule has 0 bridgehead atoms. The van der Waals surface area contributed by atoms with Crippen LogP contribution in [-0.2, 0) is 0 Å². The maximum Gasteiger partial charge on any atom is 0.265 e. The van der Waals surface area contributed by atoms with Crippen LogP contribution in [0.4, 0.5) is 0 Å². The van der Waals surface area contributed by atoms with Gasteiger partial charge in [0.2, 0.25) is 0 Å². The molecule has 5 nitrogen and oxygen atoms in total. The molecule has 1 saturated heterocycles. The van der Waals surface area contributed by atoms with Crippen LogP contribution in [0.3, 0.4) is 0 Å². The van der Waals surface area contributed by atoms with Gasteiger partial charge in [0, 0.05) is 18.7 Å². The van der Waals surface area contributed by atoms with Gasteiger partial charge in [-0.2, -0.15) is 0 Å². The van der Waals surface area contributed by atoms with Crippen molar-refractivity contribution < 1.29 is 14.7 Å². The van der Waals surface area contributed by atoms with E-state index >= 15 is 0 Å². The van der Waals surface area contributed by atoms with E-state index in [9.17, 15) is 14.7 Å². The van der Waals surface area contributed by atoms with E-state index in [4.69, 9.17) is 0 Å². The lowest BCUT2D eigenvalue weighted by molar-refractivity contribution is 0.0796. The summed E-state index contributed by atoms with van der Waals surface area (Å²) in [6, 6.07) is 8.91. The Morgan fingerprint density at radius 1 is 1.23 bits per heavy atom. The molecule has 0 aliphatic carbocycles. The number of hydrogen-bond donors (Lipinski definition) is 1. The minimum Gasteiger partial charge on any atom is -0.507 e. The number of amides is 1. The Labute approximate surface area is 154 Å². The predicted molar refractivity (Wildman–Crippen MR) is 102 cm³/mol. The maximum atomic E-state index is 12.7. The van der Waals surface area contributed by atoms with Crippen molar-refractivity contribution >= 4 is 34.3 Å². The average Bonchev–Trinajstić information content (AvgIpc) is 3.30. The van der Waals surface area contributed by atoms with Crippen molar-refractivity contribution in [2.45, 2.75) is 19.8 Å². The summed E-state index contributed by atoms with van der Waals surface area (Å²) in [5.74, 6) is 0.0431. The predicted octanol–water partition coefficient (Wildman–Crippen LogP) is 4.03. The number of rotatable bonds is 3. The lowest BCUT2D eigenvalue weighted by Crippen LogP contribution is -2.27. The molecule has 3 aromatic rings. The van der Waals surface area contributed by atoms with Crippen molar-refractivity contribution in [3.05, 3.63) is 46.5 Å². The highest BCUT2D eigenvalue weighted by molar-refractivity contribution is 7.17. The zero-order valence-corrected chi connectivity index (χ0v) is 15.2.